The Balaban J connectivity index is 1.79. The third kappa shape index (κ3) is 2.69. The summed E-state index contributed by atoms with van der Waals surface area (Å²) in [6, 6.07) is 6.81. The summed E-state index contributed by atoms with van der Waals surface area (Å²) in [5.41, 5.74) is 2.66. The van der Waals surface area contributed by atoms with Crippen LogP contribution in [0.4, 0.5) is 0 Å². The molecule has 3 aliphatic rings. The van der Waals surface area contributed by atoms with Gasteiger partial charge in [0, 0.05) is 17.4 Å². The Kier molecular flexibility index (Phi) is 4.52. The number of rotatable bonds is 4. The van der Waals surface area contributed by atoms with Crippen molar-refractivity contribution in [3.8, 4) is 5.75 Å². The van der Waals surface area contributed by atoms with Gasteiger partial charge in [0.2, 0.25) is 0 Å². The van der Waals surface area contributed by atoms with E-state index in [1.807, 2.05) is 6.07 Å². The second-order valence-electron chi connectivity index (χ2n) is 7.93. The fraction of sp³-hybridized carbons (Fsp3) is 0.700. The van der Waals surface area contributed by atoms with Crippen molar-refractivity contribution in [1.82, 2.24) is 4.90 Å². The van der Waals surface area contributed by atoms with Crippen LogP contribution in [0.3, 0.4) is 0 Å². The van der Waals surface area contributed by atoms with Crippen molar-refractivity contribution < 1.29 is 19.7 Å². The molecule has 0 aromatic heterocycles. The van der Waals surface area contributed by atoms with E-state index in [1.54, 1.807) is 7.11 Å². The number of hydrogen-bond acceptors (Lipinski definition) is 5. The van der Waals surface area contributed by atoms with Gasteiger partial charge >= 0.3 is 0 Å². The number of nitrogens with zero attached hydrogens (tertiary/aromatic N) is 1. The number of benzene rings is 1. The van der Waals surface area contributed by atoms with Crippen LogP contribution in [-0.4, -0.2) is 67.3 Å². The predicted molar refractivity (Wildman–Crippen MR) is 95.0 cm³/mol. The Labute approximate surface area is 149 Å². The first-order valence-corrected chi connectivity index (χ1v) is 9.37. The third-order valence-electron chi connectivity index (χ3n) is 6.77. The lowest BCUT2D eigenvalue weighted by molar-refractivity contribution is -0.127. The van der Waals surface area contributed by atoms with Gasteiger partial charge in [0.25, 0.3) is 0 Å². The first-order chi connectivity index (χ1) is 12.1. The van der Waals surface area contributed by atoms with Crippen molar-refractivity contribution in [3.05, 3.63) is 29.3 Å². The first kappa shape index (κ1) is 17.3. The van der Waals surface area contributed by atoms with Crippen LogP contribution in [0.25, 0.3) is 0 Å². The van der Waals surface area contributed by atoms with E-state index in [0.717, 1.165) is 31.6 Å². The molecule has 0 spiro atoms. The van der Waals surface area contributed by atoms with Crippen LogP contribution in [0.1, 0.15) is 30.4 Å². The fourth-order valence-electron chi connectivity index (χ4n) is 5.72. The van der Waals surface area contributed by atoms with Gasteiger partial charge in [-0.2, -0.15) is 0 Å². The lowest BCUT2D eigenvalue weighted by Gasteiger charge is -2.60. The highest BCUT2D eigenvalue weighted by atomic mass is 16.5. The molecular formula is C20H29NO4. The van der Waals surface area contributed by atoms with E-state index in [4.69, 9.17) is 14.6 Å². The molecule has 1 aliphatic heterocycles. The molecule has 2 aliphatic carbocycles. The predicted octanol–water partition coefficient (Wildman–Crippen LogP) is 1.34. The molecule has 1 aromatic carbocycles. The van der Waals surface area contributed by atoms with Gasteiger partial charge in [-0.3, -0.25) is 0 Å². The summed E-state index contributed by atoms with van der Waals surface area (Å²) < 4.78 is 11.4. The van der Waals surface area contributed by atoms with Gasteiger partial charge in [-0.25, -0.2) is 0 Å². The van der Waals surface area contributed by atoms with Gasteiger partial charge in [-0.15, -0.1) is 0 Å². The van der Waals surface area contributed by atoms with Crippen molar-refractivity contribution in [3.63, 3.8) is 0 Å². The van der Waals surface area contributed by atoms with Crippen molar-refractivity contribution in [2.24, 2.45) is 5.92 Å². The molecule has 4 rings (SSSR count). The number of likely N-dealkylation sites (N-methyl/N-ethyl adjacent to an activating group) is 1. The summed E-state index contributed by atoms with van der Waals surface area (Å²) in [6.45, 7) is 1.41. The highest BCUT2D eigenvalue weighted by molar-refractivity contribution is 5.46. The number of ether oxygens (including phenoxy) is 2. The Morgan fingerprint density at radius 3 is 2.96 bits per heavy atom. The van der Waals surface area contributed by atoms with Crippen LogP contribution in [-0.2, 0) is 16.6 Å². The Morgan fingerprint density at radius 2 is 2.20 bits per heavy atom. The number of methoxy groups -OCH3 is 1. The molecule has 25 heavy (non-hydrogen) atoms. The maximum absolute atomic E-state index is 11.0. The van der Waals surface area contributed by atoms with E-state index in [0.29, 0.717) is 19.1 Å². The molecule has 1 heterocycles. The standard InChI is InChI=1S/C20H29NO4/c1-21-6-5-20-12-15(25-8-7-22)11-18(23)19(20)17(21)9-13-3-4-14(24-2)10-16(13)20/h3-4,10,15,17-19,22-23H,5-9,11-12H2,1-2H3/t15-,17+,18+,19-,20+/m0/s1. The summed E-state index contributed by atoms with van der Waals surface area (Å²) in [7, 11) is 3.89. The molecule has 1 saturated carbocycles. The molecule has 5 atom stereocenters. The van der Waals surface area contributed by atoms with E-state index in [1.165, 1.54) is 11.1 Å². The molecular weight excluding hydrogens is 318 g/mol. The van der Waals surface area contributed by atoms with E-state index in [2.05, 4.69) is 24.1 Å². The second-order valence-corrected chi connectivity index (χ2v) is 7.93. The number of likely N-dealkylation sites (tertiary alicyclic amines) is 1. The minimum Gasteiger partial charge on any atom is -0.497 e. The number of fused-ring (bicyclic) bond motifs is 1. The average Bonchev–Trinajstić information content (AvgIpc) is 2.62. The minimum atomic E-state index is -0.371. The monoisotopic (exact) mass is 347 g/mol. The summed E-state index contributed by atoms with van der Waals surface area (Å²) in [5.74, 6) is 1.12. The molecule has 2 N–H and O–H groups in total. The van der Waals surface area contributed by atoms with E-state index < -0.39 is 0 Å². The van der Waals surface area contributed by atoms with Gasteiger partial charge in [0.15, 0.2) is 0 Å². The Bertz CT molecular complexity index is 636. The molecule has 0 unspecified atom stereocenters. The molecule has 0 radical (unpaired) electrons. The molecule has 2 bridgehead atoms. The Morgan fingerprint density at radius 1 is 1.36 bits per heavy atom. The molecule has 5 nitrogen and oxygen atoms in total. The van der Waals surface area contributed by atoms with Gasteiger partial charge in [-0.05, 0) is 62.5 Å². The van der Waals surface area contributed by atoms with Crippen molar-refractivity contribution in [2.45, 2.75) is 49.3 Å². The second kappa shape index (κ2) is 6.54. The molecule has 1 aromatic rings. The Hall–Kier alpha value is -1.14. The van der Waals surface area contributed by atoms with Crippen LogP contribution >= 0.6 is 0 Å². The quantitative estimate of drug-likeness (QED) is 0.861. The lowest BCUT2D eigenvalue weighted by atomic mass is 9.51. The van der Waals surface area contributed by atoms with Crippen LogP contribution in [0.15, 0.2) is 18.2 Å². The van der Waals surface area contributed by atoms with E-state index in [-0.39, 0.29) is 30.1 Å². The lowest BCUT2D eigenvalue weighted by Crippen LogP contribution is -2.65. The fourth-order valence-corrected chi connectivity index (χ4v) is 5.72. The zero-order valence-corrected chi connectivity index (χ0v) is 15.1. The normalized spacial score (nSPS) is 37.3. The van der Waals surface area contributed by atoms with Gasteiger partial charge in [-0.1, -0.05) is 6.07 Å². The number of hydrogen-bond donors (Lipinski definition) is 2. The third-order valence-corrected chi connectivity index (χ3v) is 6.77. The summed E-state index contributed by atoms with van der Waals surface area (Å²) >= 11 is 0. The van der Waals surface area contributed by atoms with Crippen LogP contribution in [0, 0.1) is 5.92 Å². The number of piperidine rings is 1. The topological polar surface area (TPSA) is 62.2 Å². The summed E-state index contributed by atoms with van der Waals surface area (Å²) in [6.07, 6.45) is 3.22. The summed E-state index contributed by atoms with van der Waals surface area (Å²) in [4.78, 5) is 2.42. The van der Waals surface area contributed by atoms with Gasteiger partial charge in [0.05, 0.1) is 32.5 Å². The number of aliphatic hydroxyl groups is 2. The molecule has 138 valence electrons. The first-order valence-electron chi connectivity index (χ1n) is 9.37. The zero-order valence-electron chi connectivity index (χ0n) is 15.1. The van der Waals surface area contributed by atoms with E-state index >= 15 is 0 Å². The van der Waals surface area contributed by atoms with Crippen LogP contribution in [0.2, 0.25) is 0 Å². The van der Waals surface area contributed by atoms with E-state index in [9.17, 15) is 5.11 Å². The van der Waals surface area contributed by atoms with Crippen molar-refractivity contribution >= 4 is 0 Å². The SMILES string of the molecule is COc1ccc2c(c1)[C@]13CCN(C)[C@H](C2)[C@H]1[C@H](O)C[C@H](OCCO)C3. The van der Waals surface area contributed by atoms with Gasteiger partial charge in [0.1, 0.15) is 5.75 Å². The molecule has 1 saturated heterocycles. The van der Waals surface area contributed by atoms with Crippen LogP contribution < -0.4 is 4.74 Å². The zero-order chi connectivity index (χ0) is 17.6. The smallest absolute Gasteiger partial charge is 0.119 e. The molecule has 0 amide bonds. The maximum Gasteiger partial charge on any atom is 0.119 e. The molecule has 5 heteroatoms. The van der Waals surface area contributed by atoms with Crippen molar-refractivity contribution in [2.75, 3.05) is 33.9 Å². The van der Waals surface area contributed by atoms with Gasteiger partial charge < -0.3 is 24.6 Å². The minimum absolute atomic E-state index is 0.000364. The highest BCUT2D eigenvalue weighted by Crippen LogP contribution is 2.56. The number of aliphatic hydroxyl groups excluding tert-OH is 2. The maximum atomic E-state index is 11.0. The average molecular weight is 347 g/mol. The summed E-state index contributed by atoms with van der Waals surface area (Å²) in [5, 5.41) is 20.2. The molecule has 2 fully saturated rings. The largest absolute Gasteiger partial charge is 0.497 e. The highest BCUT2D eigenvalue weighted by Gasteiger charge is 2.58. The van der Waals surface area contributed by atoms with Crippen LogP contribution in [0.5, 0.6) is 5.75 Å². The van der Waals surface area contributed by atoms with Crippen molar-refractivity contribution in [1.29, 1.82) is 0 Å².